The molecule has 3 rings (SSSR count). The van der Waals surface area contributed by atoms with Crippen LogP contribution in [0.25, 0.3) is 11.4 Å². The Balaban J connectivity index is 1.78. The lowest BCUT2D eigenvalue weighted by Crippen LogP contribution is -2.27. The van der Waals surface area contributed by atoms with Crippen LogP contribution in [0.2, 0.25) is 5.02 Å². The monoisotopic (exact) mass is 377 g/mol. The van der Waals surface area contributed by atoms with E-state index >= 15 is 0 Å². The van der Waals surface area contributed by atoms with Gasteiger partial charge in [-0.2, -0.15) is 4.80 Å². The Morgan fingerprint density at radius 1 is 1.19 bits per heavy atom. The quantitative estimate of drug-likeness (QED) is 0.732. The van der Waals surface area contributed by atoms with Gasteiger partial charge in [0.05, 0.1) is 0 Å². The van der Waals surface area contributed by atoms with Crippen molar-refractivity contribution in [2.75, 3.05) is 5.32 Å². The molecule has 9 heteroatoms. The van der Waals surface area contributed by atoms with E-state index in [1.165, 1.54) is 10.9 Å². The number of tetrazole rings is 1. The van der Waals surface area contributed by atoms with Crippen molar-refractivity contribution < 1.29 is 13.6 Å². The predicted octanol–water partition coefficient (Wildman–Crippen LogP) is 3.86. The summed E-state index contributed by atoms with van der Waals surface area (Å²) >= 11 is 5.85. The average Bonchev–Trinajstić information content (AvgIpc) is 3.09. The molecule has 0 fully saturated rings. The van der Waals surface area contributed by atoms with Crippen LogP contribution >= 0.6 is 11.6 Å². The number of hydrogen-bond donors (Lipinski definition) is 1. The zero-order valence-electron chi connectivity index (χ0n) is 13.7. The van der Waals surface area contributed by atoms with Gasteiger partial charge in [0.25, 0.3) is 5.91 Å². The number of halogens is 3. The highest BCUT2D eigenvalue weighted by Gasteiger charge is 2.22. The molecule has 1 heterocycles. The maximum atomic E-state index is 13.3. The Morgan fingerprint density at radius 2 is 1.92 bits per heavy atom. The number of anilines is 1. The predicted molar refractivity (Wildman–Crippen MR) is 92.6 cm³/mol. The molecule has 6 nitrogen and oxygen atoms in total. The molecule has 0 bridgehead atoms. The highest BCUT2D eigenvalue weighted by Crippen LogP contribution is 2.20. The smallest absolute Gasteiger partial charge is 0.251 e. The fraction of sp³-hybridized carbons (Fsp3) is 0.176. The maximum Gasteiger partial charge on any atom is 0.251 e. The fourth-order valence-corrected chi connectivity index (χ4v) is 2.45. The van der Waals surface area contributed by atoms with Crippen molar-refractivity contribution in [3.63, 3.8) is 0 Å². The number of carbonyl (C=O) groups is 1. The highest BCUT2D eigenvalue weighted by molar-refractivity contribution is 6.30. The second-order valence-electron chi connectivity index (χ2n) is 5.48. The molecule has 0 aliphatic rings. The van der Waals surface area contributed by atoms with Crippen molar-refractivity contribution in [1.29, 1.82) is 0 Å². The molecule has 0 spiro atoms. The minimum atomic E-state index is -1.04. The van der Waals surface area contributed by atoms with Crippen LogP contribution in [-0.2, 0) is 4.79 Å². The lowest BCUT2D eigenvalue weighted by atomic mass is 10.2. The Hall–Kier alpha value is -2.87. The van der Waals surface area contributed by atoms with Gasteiger partial charge in [-0.05, 0) is 48.0 Å². The van der Waals surface area contributed by atoms with Crippen molar-refractivity contribution in [3.8, 4) is 11.4 Å². The van der Waals surface area contributed by atoms with E-state index < -0.39 is 23.6 Å². The van der Waals surface area contributed by atoms with Gasteiger partial charge in [0, 0.05) is 22.3 Å². The number of nitrogens with zero attached hydrogens (tertiary/aromatic N) is 4. The standard InChI is InChI=1S/C17H14ClF2N5O/c1-2-15(17(26)21-12-7-8-13(19)14(20)9-12)25-23-16(22-24-25)10-3-5-11(18)6-4-10/h3-9,15H,2H2,1H3,(H,21,26). The number of hydrogen-bond acceptors (Lipinski definition) is 4. The number of rotatable bonds is 5. The van der Waals surface area contributed by atoms with Gasteiger partial charge in [-0.15, -0.1) is 10.2 Å². The Labute approximate surface area is 152 Å². The number of carbonyl (C=O) groups excluding carboxylic acids is 1. The third kappa shape index (κ3) is 3.85. The van der Waals surface area contributed by atoms with E-state index in [2.05, 4.69) is 20.7 Å². The van der Waals surface area contributed by atoms with E-state index in [0.717, 1.165) is 12.1 Å². The fourth-order valence-electron chi connectivity index (χ4n) is 2.32. The summed E-state index contributed by atoms with van der Waals surface area (Å²) in [5.41, 5.74) is 0.849. The molecule has 3 aromatic rings. The lowest BCUT2D eigenvalue weighted by Gasteiger charge is -2.13. The van der Waals surface area contributed by atoms with E-state index in [4.69, 9.17) is 11.6 Å². The summed E-state index contributed by atoms with van der Waals surface area (Å²) in [6, 6.07) is 9.26. The molecule has 134 valence electrons. The molecule has 2 aromatic carbocycles. The summed E-state index contributed by atoms with van der Waals surface area (Å²) in [6.45, 7) is 1.78. The summed E-state index contributed by atoms with van der Waals surface area (Å²) in [7, 11) is 0. The number of amides is 1. The largest absolute Gasteiger partial charge is 0.324 e. The SMILES string of the molecule is CCC(C(=O)Nc1ccc(F)c(F)c1)n1nnc(-c2ccc(Cl)cc2)n1. The van der Waals surface area contributed by atoms with Crippen LogP contribution < -0.4 is 5.32 Å². The molecule has 0 aliphatic carbocycles. The molecular formula is C17H14ClF2N5O. The van der Waals surface area contributed by atoms with Gasteiger partial charge < -0.3 is 5.32 Å². The van der Waals surface area contributed by atoms with Gasteiger partial charge in [-0.1, -0.05) is 18.5 Å². The van der Waals surface area contributed by atoms with E-state index in [9.17, 15) is 13.6 Å². The minimum Gasteiger partial charge on any atom is -0.324 e. The third-order valence-electron chi connectivity index (χ3n) is 3.69. The second kappa shape index (κ2) is 7.57. The summed E-state index contributed by atoms with van der Waals surface area (Å²) < 4.78 is 26.3. The second-order valence-corrected chi connectivity index (χ2v) is 5.92. The summed E-state index contributed by atoms with van der Waals surface area (Å²) in [6.07, 6.45) is 0.381. The molecule has 26 heavy (non-hydrogen) atoms. The first-order valence-electron chi connectivity index (χ1n) is 7.79. The van der Waals surface area contributed by atoms with Crippen molar-refractivity contribution in [2.45, 2.75) is 19.4 Å². The summed E-state index contributed by atoms with van der Waals surface area (Å²) in [5.74, 6) is -2.14. The van der Waals surface area contributed by atoms with Gasteiger partial charge >= 0.3 is 0 Å². The van der Waals surface area contributed by atoms with Crippen molar-refractivity contribution >= 4 is 23.2 Å². The molecule has 1 N–H and O–H groups in total. The van der Waals surface area contributed by atoms with Crippen molar-refractivity contribution in [1.82, 2.24) is 20.2 Å². The normalized spacial score (nSPS) is 12.0. The zero-order chi connectivity index (χ0) is 18.7. The van der Waals surface area contributed by atoms with Gasteiger partial charge in [-0.3, -0.25) is 4.79 Å². The number of benzene rings is 2. The van der Waals surface area contributed by atoms with Crippen LogP contribution in [0.4, 0.5) is 14.5 Å². The summed E-state index contributed by atoms with van der Waals surface area (Å²) in [5, 5.41) is 15.2. The first-order valence-corrected chi connectivity index (χ1v) is 8.17. The zero-order valence-corrected chi connectivity index (χ0v) is 14.4. The molecule has 0 saturated carbocycles. The van der Waals surface area contributed by atoms with Gasteiger partial charge in [0.2, 0.25) is 5.82 Å². The lowest BCUT2D eigenvalue weighted by molar-refractivity contribution is -0.119. The minimum absolute atomic E-state index is 0.144. The van der Waals surface area contributed by atoms with Crippen LogP contribution in [0.15, 0.2) is 42.5 Å². The van der Waals surface area contributed by atoms with Crippen LogP contribution in [0, 0.1) is 11.6 Å². The molecular weight excluding hydrogens is 364 g/mol. The Bertz CT molecular complexity index is 929. The molecule has 1 amide bonds. The van der Waals surface area contributed by atoms with Gasteiger partial charge in [-0.25, -0.2) is 8.78 Å². The molecule has 1 aromatic heterocycles. The summed E-state index contributed by atoms with van der Waals surface area (Å²) in [4.78, 5) is 13.7. The molecule has 0 radical (unpaired) electrons. The third-order valence-corrected chi connectivity index (χ3v) is 3.94. The van der Waals surface area contributed by atoms with Crippen molar-refractivity contribution in [2.24, 2.45) is 0 Å². The van der Waals surface area contributed by atoms with Crippen LogP contribution in [-0.4, -0.2) is 26.1 Å². The van der Waals surface area contributed by atoms with Crippen molar-refractivity contribution in [3.05, 3.63) is 59.1 Å². The van der Waals surface area contributed by atoms with E-state index in [-0.39, 0.29) is 5.69 Å². The first-order chi connectivity index (χ1) is 12.5. The first kappa shape index (κ1) is 17.9. The molecule has 1 unspecified atom stereocenters. The average molecular weight is 378 g/mol. The van der Waals surface area contributed by atoms with Gasteiger partial charge in [0.1, 0.15) is 0 Å². The maximum absolute atomic E-state index is 13.3. The topological polar surface area (TPSA) is 72.7 Å². The number of aromatic nitrogens is 4. The molecule has 1 atom stereocenters. The van der Waals surface area contributed by atoms with Crippen LogP contribution in [0.5, 0.6) is 0 Å². The Morgan fingerprint density at radius 3 is 2.58 bits per heavy atom. The van der Waals surface area contributed by atoms with Crippen LogP contribution in [0.3, 0.4) is 0 Å². The van der Waals surface area contributed by atoms with E-state index in [0.29, 0.717) is 22.8 Å². The molecule has 0 saturated heterocycles. The van der Waals surface area contributed by atoms with Crippen LogP contribution in [0.1, 0.15) is 19.4 Å². The Kier molecular flexibility index (Phi) is 5.22. The number of nitrogens with one attached hydrogen (secondary N) is 1. The van der Waals surface area contributed by atoms with E-state index in [1.54, 1.807) is 31.2 Å². The van der Waals surface area contributed by atoms with E-state index in [1.807, 2.05) is 0 Å². The highest BCUT2D eigenvalue weighted by atomic mass is 35.5. The van der Waals surface area contributed by atoms with Gasteiger partial charge in [0.15, 0.2) is 17.7 Å². The molecule has 0 aliphatic heterocycles.